The van der Waals surface area contributed by atoms with Crippen molar-refractivity contribution in [3.63, 3.8) is 0 Å². The monoisotopic (exact) mass is 261 g/mol. The molecule has 1 aromatic rings. The molecule has 0 radical (unpaired) electrons. The molecule has 3 N–H and O–H groups in total. The summed E-state index contributed by atoms with van der Waals surface area (Å²) in [6.45, 7) is 7.09. The fourth-order valence-corrected chi connectivity index (χ4v) is 1.61. The average Bonchev–Trinajstić information content (AvgIpc) is 2.41. The Morgan fingerprint density at radius 2 is 2.26 bits per heavy atom. The molecule has 0 unspecified atom stereocenters. The van der Waals surface area contributed by atoms with E-state index >= 15 is 0 Å². The standard InChI is InChI=1S/C15H23N3O/c1-12(2)11-18-15(16)17-9-5-7-13-6-4-8-14(10-13)19-3/h4,6,8,10H,1,5,7,9,11H2,2-3H3,(H3,16,17,18). The van der Waals surface area contributed by atoms with Crippen LogP contribution in [0.15, 0.2) is 41.4 Å². The van der Waals surface area contributed by atoms with Gasteiger partial charge < -0.3 is 15.8 Å². The van der Waals surface area contributed by atoms with Gasteiger partial charge in [0.1, 0.15) is 5.75 Å². The van der Waals surface area contributed by atoms with Crippen LogP contribution in [0.4, 0.5) is 0 Å². The Labute approximate surface area is 115 Å². The van der Waals surface area contributed by atoms with Gasteiger partial charge in [-0.2, -0.15) is 0 Å². The highest BCUT2D eigenvalue weighted by Crippen LogP contribution is 2.13. The number of nitrogens with two attached hydrogens (primary N) is 1. The number of ether oxygens (including phenoxy) is 1. The Morgan fingerprint density at radius 3 is 2.95 bits per heavy atom. The zero-order chi connectivity index (χ0) is 14.1. The second-order valence-corrected chi connectivity index (χ2v) is 4.54. The third-order valence-corrected chi connectivity index (χ3v) is 2.60. The van der Waals surface area contributed by atoms with Crippen molar-refractivity contribution in [3.8, 4) is 5.75 Å². The number of nitrogens with one attached hydrogen (secondary N) is 1. The largest absolute Gasteiger partial charge is 0.497 e. The summed E-state index contributed by atoms with van der Waals surface area (Å²) in [7, 11) is 1.68. The highest BCUT2D eigenvalue weighted by Gasteiger charge is 1.97. The number of methoxy groups -OCH3 is 1. The summed E-state index contributed by atoms with van der Waals surface area (Å²) >= 11 is 0. The van der Waals surface area contributed by atoms with Crippen molar-refractivity contribution in [2.24, 2.45) is 10.7 Å². The molecule has 104 valence electrons. The first-order valence-electron chi connectivity index (χ1n) is 6.43. The minimum Gasteiger partial charge on any atom is -0.497 e. The van der Waals surface area contributed by atoms with E-state index in [9.17, 15) is 0 Å². The van der Waals surface area contributed by atoms with Gasteiger partial charge in [0.05, 0.1) is 13.7 Å². The zero-order valence-electron chi connectivity index (χ0n) is 11.8. The normalized spacial score (nSPS) is 11.2. The summed E-state index contributed by atoms with van der Waals surface area (Å²) in [4.78, 5) is 4.16. The van der Waals surface area contributed by atoms with Gasteiger partial charge in [0, 0.05) is 6.54 Å². The molecule has 0 aliphatic rings. The number of aliphatic imine (C=N–C) groups is 1. The fraction of sp³-hybridized carbons (Fsp3) is 0.400. The number of benzene rings is 1. The molecule has 0 aliphatic heterocycles. The van der Waals surface area contributed by atoms with Crippen LogP contribution in [0.1, 0.15) is 18.9 Å². The van der Waals surface area contributed by atoms with Crippen molar-refractivity contribution in [2.45, 2.75) is 19.8 Å². The molecular weight excluding hydrogens is 238 g/mol. The number of rotatable bonds is 7. The van der Waals surface area contributed by atoms with Crippen molar-refractivity contribution in [1.82, 2.24) is 5.32 Å². The van der Waals surface area contributed by atoms with Crippen molar-refractivity contribution in [2.75, 3.05) is 20.2 Å². The van der Waals surface area contributed by atoms with Gasteiger partial charge in [0.2, 0.25) is 0 Å². The molecule has 0 fully saturated rings. The molecule has 0 aliphatic carbocycles. The van der Waals surface area contributed by atoms with Gasteiger partial charge in [-0.3, -0.25) is 0 Å². The molecule has 1 rings (SSSR count). The van der Waals surface area contributed by atoms with Gasteiger partial charge in [0.25, 0.3) is 0 Å². The third-order valence-electron chi connectivity index (χ3n) is 2.60. The van der Waals surface area contributed by atoms with E-state index in [1.54, 1.807) is 7.11 Å². The Kier molecular flexibility index (Phi) is 6.50. The van der Waals surface area contributed by atoms with Crippen LogP contribution in [0.2, 0.25) is 0 Å². The molecule has 0 saturated carbocycles. The van der Waals surface area contributed by atoms with E-state index in [1.807, 2.05) is 19.1 Å². The molecule has 0 spiro atoms. The SMILES string of the molecule is C=C(C)CN=C(N)NCCCc1cccc(OC)c1. The lowest BCUT2D eigenvalue weighted by molar-refractivity contribution is 0.414. The quantitative estimate of drug-likeness (QED) is 0.342. The van der Waals surface area contributed by atoms with Crippen molar-refractivity contribution in [3.05, 3.63) is 42.0 Å². The Hall–Kier alpha value is -1.97. The third kappa shape index (κ3) is 6.50. The number of guanidine groups is 1. The topological polar surface area (TPSA) is 59.6 Å². The van der Waals surface area contributed by atoms with Crippen LogP contribution in [-0.2, 0) is 6.42 Å². The molecular formula is C15H23N3O. The molecule has 0 amide bonds. The van der Waals surface area contributed by atoms with E-state index in [1.165, 1.54) is 5.56 Å². The number of nitrogens with zero attached hydrogens (tertiary/aromatic N) is 1. The molecule has 0 aromatic heterocycles. The smallest absolute Gasteiger partial charge is 0.188 e. The van der Waals surface area contributed by atoms with Gasteiger partial charge in [-0.1, -0.05) is 24.3 Å². The molecule has 0 bridgehead atoms. The minimum absolute atomic E-state index is 0.480. The Balaban J connectivity index is 2.26. The van der Waals surface area contributed by atoms with Gasteiger partial charge in [-0.05, 0) is 37.5 Å². The summed E-state index contributed by atoms with van der Waals surface area (Å²) < 4.78 is 5.19. The van der Waals surface area contributed by atoms with Gasteiger partial charge in [-0.25, -0.2) is 4.99 Å². The second kappa shape index (κ2) is 8.19. The van der Waals surface area contributed by atoms with Crippen LogP contribution in [0, 0.1) is 0 Å². The van der Waals surface area contributed by atoms with Gasteiger partial charge in [-0.15, -0.1) is 0 Å². The van der Waals surface area contributed by atoms with Crippen molar-refractivity contribution >= 4 is 5.96 Å². The summed E-state index contributed by atoms with van der Waals surface area (Å²) in [5, 5.41) is 3.09. The lowest BCUT2D eigenvalue weighted by Gasteiger charge is -2.07. The van der Waals surface area contributed by atoms with Crippen LogP contribution < -0.4 is 15.8 Å². The first kappa shape index (κ1) is 15.1. The summed E-state index contributed by atoms with van der Waals surface area (Å²) in [5.74, 6) is 1.38. The lowest BCUT2D eigenvalue weighted by Crippen LogP contribution is -2.32. The molecule has 0 heterocycles. The van der Waals surface area contributed by atoms with E-state index in [-0.39, 0.29) is 0 Å². The second-order valence-electron chi connectivity index (χ2n) is 4.54. The predicted octanol–water partition coefficient (Wildman–Crippen LogP) is 2.11. The van der Waals surface area contributed by atoms with Crippen LogP contribution in [0.3, 0.4) is 0 Å². The summed E-state index contributed by atoms with van der Waals surface area (Å²) in [6, 6.07) is 8.11. The maximum Gasteiger partial charge on any atom is 0.188 e. The maximum atomic E-state index is 5.72. The number of hydrogen-bond acceptors (Lipinski definition) is 2. The molecule has 4 heteroatoms. The number of hydrogen-bond donors (Lipinski definition) is 2. The van der Waals surface area contributed by atoms with E-state index in [2.05, 4.69) is 29.0 Å². The minimum atomic E-state index is 0.480. The Morgan fingerprint density at radius 1 is 1.47 bits per heavy atom. The fourth-order valence-electron chi connectivity index (χ4n) is 1.61. The van der Waals surface area contributed by atoms with Crippen LogP contribution >= 0.6 is 0 Å². The van der Waals surface area contributed by atoms with Gasteiger partial charge in [0.15, 0.2) is 5.96 Å². The average molecular weight is 261 g/mol. The zero-order valence-corrected chi connectivity index (χ0v) is 11.8. The molecule has 1 aromatic carbocycles. The predicted molar refractivity (Wildman–Crippen MR) is 80.6 cm³/mol. The van der Waals surface area contributed by atoms with Crippen LogP contribution in [0.25, 0.3) is 0 Å². The Bertz CT molecular complexity index is 441. The number of aryl methyl sites for hydroxylation is 1. The van der Waals surface area contributed by atoms with E-state index < -0.39 is 0 Å². The first-order valence-corrected chi connectivity index (χ1v) is 6.43. The summed E-state index contributed by atoms with van der Waals surface area (Å²) in [6.07, 6.45) is 1.98. The lowest BCUT2D eigenvalue weighted by atomic mass is 10.1. The van der Waals surface area contributed by atoms with Crippen LogP contribution in [-0.4, -0.2) is 26.2 Å². The first-order chi connectivity index (χ1) is 9.11. The van der Waals surface area contributed by atoms with Crippen molar-refractivity contribution in [1.29, 1.82) is 0 Å². The summed E-state index contributed by atoms with van der Waals surface area (Å²) in [5.41, 5.74) is 7.99. The molecule has 4 nitrogen and oxygen atoms in total. The van der Waals surface area contributed by atoms with Crippen LogP contribution in [0.5, 0.6) is 5.75 Å². The van der Waals surface area contributed by atoms with E-state index in [0.29, 0.717) is 12.5 Å². The maximum absolute atomic E-state index is 5.72. The molecule has 19 heavy (non-hydrogen) atoms. The molecule has 0 saturated heterocycles. The van der Waals surface area contributed by atoms with E-state index in [0.717, 1.165) is 30.7 Å². The highest BCUT2D eigenvalue weighted by molar-refractivity contribution is 5.77. The van der Waals surface area contributed by atoms with Crippen molar-refractivity contribution < 1.29 is 4.74 Å². The van der Waals surface area contributed by atoms with Gasteiger partial charge >= 0.3 is 0 Å². The van der Waals surface area contributed by atoms with E-state index in [4.69, 9.17) is 10.5 Å². The highest BCUT2D eigenvalue weighted by atomic mass is 16.5. The molecule has 0 atom stereocenters.